The molecule has 1 aliphatic heterocycles. The Morgan fingerprint density at radius 1 is 1.00 bits per heavy atom. The molecule has 1 aliphatic rings. The molecule has 1 aromatic carbocycles. The lowest BCUT2D eigenvalue weighted by Gasteiger charge is -2.28. The number of anilines is 3. The van der Waals surface area contributed by atoms with Crippen LogP contribution in [0.25, 0.3) is 0 Å². The molecule has 0 atom stereocenters. The van der Waals surface area contributed by atoms with E-state index in [1.165, 1.54) is 0 Å². The van der Waals surface area contributed by atoms with E-state index >= 15 is 0 Å². The minimum absolute atomic E-state index is 0.143. The average Bonchev–Trinajstić information content (AvgIpc) is 2.75. The molecule has 6 nitrogen and oxygen atoms in total. The summed E-state index contributed by atoms with van der Waals surface area (Å²) in [4.78, 5) is 23.7. The fraction of sp³-hybridized carbons (Fsp3) is 0.227. The highest BCUT2D eigenvalue weighted by Crippen LogP contribution is 2.26. The molecule has 3 heterocycles. The second-order valence-corrected chi connectivity index (χ2v) is 7.68. The molecule has 4 rings (SSSR count). The summed E-state index contributed by atoms with van der Waals surface area (Å²) in [6, 6.07) is 12.6. The van der Waals surface area contributed by atoms with E-state index in [0.29, 0.717) is 27.2 Å². The molecule has 0 saturated carbocycles. The average molecular weight is 443 g/mol. The van der Waals surface area contributed by atoms with Crippen molar-refractivity contribution in [1.82, 2.24) is 9.97 Å². The third-order valence-electron chi connectivity index (χ3n) is 4.81. The number of ether oxygens (including phenoxy) is 1. The van der Waals surface area contributed by atoms with Crippen molar-refractivity contribution >= 4 is 46.3 Å². The summed E-state index contributed by atoms with van der Waals surface area (Å²) in [5, 5.41) is 3.92. The van der Waals surface area contributed by atoms with Crippen LogP contribution in [0.4, 0.5) is 17.3 Å². The standard InChI is InChI=1S/C22H20Cl2N4O2/c23-17-2-1-3-18(24)22(17)19(29)12-15-4-6-25-20(13-15)27-21-14-16(5-7-26-21)28-8-10-30-11-9-28/h1-7,13-14H,8-12H2,(H,25,26,27). The smallest absolute Gasteiger partial charge is 0.170 e. The number of carbonyl (C=O) groups excluding carboxylic acids is 1. The molecular formula is C22H20Cl2N4O2. The van der Waals surface area contributed by atoms with Crippen molar-refractivity contribution in [1.29, 1.82) is 0 Å². The maximum absolute atomic E-state index is 12.7. The number of nitrogens with zero attached hydrogens (tertiary/aromatic N) is 3. The largest absolute Gasteiger partial charge is 0.378 e. The summed E-state index contributed by atoms with van der Waals surface area (Å²) >= 11 is 12.3. The van der Waals surface area contributed by atoms with Crippen molar-refractivity contribution in [3.8, 4) is 0 Å². The van der Waals surface area contributed by atoms with E-state index in [1.807, 2.05) is 18.2 Å². The summed E-state index contributed by atoms with van der Waals surface area (Å²) in [6.45, 7) is 3.14. The van der Waals surface area contributed by atoms with E-state index in [1.54, 1.807) is 36.7 Å². The molecule has 1 saturated heterocycles. The predicted octanol–water partition coefficient (Wildman–Crippen LogP) is 4.79. The Labute approximate surface area is 184 Å². The zero-order valence-corrected chi connectivity index (χ0v) is 17.7. The molecular weight excluding hydrogens is 423 g/mol. The fourth-order valence-corrected chi connectivity index (χ4v) is 3.94. The van der Waals surface area contributed by atoms with Gasteiger partial charge >= 0.3 is 0 Å². The van der Waals surface area contributed by atoms with Crippen LogP contribution in [0.1, 0.15) is 15.9 Å². The van der Waals surface area contributed by atoms with Gasteiger partial charge in [0.1, 0.15) is 11.6 Å². The SMILES string of the molecule is O=C(Cc1ccnc(Nc2cc(N3CCOCC3)ccn2)c1)c1c(Cl)cccc1Cl. The zero-order chi connectivity index (χ0) is 20.9. The van der Waals surface area contributed by atoms with Gasteiger partial charge < -0.3 is 15.0 Å². The number of Topliss-reactive ketones (excluding diaryl/α,β-unsaturated/α-hetero) is 1. The molecule has 3 aromatic rings. The maximum atomic E-state index is 12.7. The Balaban J connectivity index is 1.48. The van der Waals surface area contributed by atoms with Crippen LogP contribution in [0, 0.1) is 0 Å². The molecule has 0 unspecified atom stereocenters. The molecule has 0 spiro atoms. The van der Waals surface area contributed by atoms with Crippen molar-refractivity contribution < 1.29 is 9.53 Å². The summed E-state index contributed by atoms with van der Waals surface area (Å²) in [5.74, 6) is 1.15. The number of pyridine rings is 2. The van der Waals surface area contributed by atoms with E-state index in [2.05, 4.69) is 20.2 Å². The summed E-state index contributed by atoms with van der Waals surface area (Å²) < 4.78 is 5.41. The van der Waals surface area contributed by atoms with E-state index < -0.39 is 0 Å². The first kappa shape index (κ1) is 20.6. The number of hydrogen-bond donors (Lipinski definition) is 1. The first-order valence-electron chi connectivity index (χ1n) is 9.58. The quantitative estimate of drug-likeness (QED) is 0.553. The van der Waals surface area contributed by atoms with Gasteiger partial charge in [-0.05, 0) is 35.9 Å². The summed E-state index contributed by atoms with van der Waals surface area (Å²) in [6.07, 6.45) is 3.59. The van der Waals surface area contributed by atoms with E-state index in [-0.39, 0.29) is 12.2 Å². The lowest BCUT2D eigenvalue weighted by atomic mass is 10.0. The fourth-order valence-electron chi connectivity index (χ4n) is 3.33. The van der Waals surface area contributed by atoms with Crippen molar-refractivity contribution in [2.75, 3.05) is 36.5 Å². The summed E-state index contributed by atoms with van der Waals surface area (Å²) in [5.41, 5.74) is 2.22. The molecule has 0 radical (unpaired) electrons. The van der Waals surface area contributed by atoms with Crippen molar-refractivity contribution in [2.45, 2.75) is 6.42 Å². The number of morpholine rings is 1. The Kier molecular flexibility index (Phi) is 6.47. The molecule has 0 bridgehead atoms. The Bertz CT molecular complexity index is 1030. The minimum atomic E-state index is -0.143. The Hall–Kier alpha value is -2.67. The number of nitrogens with one attached hydrogen (secondary N) is 1. The van der Waals surface area contributed by atoms with Gasteiger partial charge in [-0.25, -0.2) is 9.97 Å². The third kappa shape index (κ3) is 4.90. The van der Waals surface area contributed by atoms with Gasteiger partial charge in [0.15, 0.2) is 5.78 Å². The van der Waals surface area contributed by atoms with Gasteiger partial charge in [-0.3, -0.25) is 4.79 Å². The van der Waals surface area contributed by atoms with Gasteiger partial charge in [0, 0.05) is 43.7 Å². The van der Waals surface area contributed by atoms with Crippen LogP contribution in [0.5, 0.6) is 0 Å². The van der Waals surface area contributed by atoms with Crippen LogP contribution in [0.2, 0.25) is 10.0 Å². The van der Waals surface area contributed by atoms with Crippen molar-refractivity contribution in [3.05, 3.63) is 76.0 Å². The number of rotatable bonds is 6. The molecule has 30 heavy (non-hydrogen) atoms. The Morgan fingerprint density at radius 3 is 2.40 bits per heavy atom. The molecule has 8 heteroatoms. The van der Waals surface area contributed by atoms with Crippen LogP contribution in [0.15, 0.2) is 54.9 Å². The number of aromatic nitrogens is 2. The molecule has 1 N–H and O–H groups in total. The molecule has 0 amide bonds. The highest BCUT2D eigenvalue weighted by Gasteiger charge is 2.16. The Morgan fingerprint density at radius 2 is 1.67 bits per heavy atom. The highest BCUT2D eigenvalue weighted by molar-refractivity contribution is 6.39. The van der Waals surface area contributed by atoms with Gasteiger partial charge in [0.2, 0.25) is 0 Å². The van der Waals surface area contributed by atoms with Crippen LogP contribution in [-0.4, -0.2) is 42.1 Å². The zero-order valence-electron chi connectivity index (χ0n) is 16.1. The van der Waals surface area contributed by atoms with Gasteiger partial charge in [-0.15, -0.1) is 0 Å². The van der Waals surface area contributed by atoms with Crippen LogP contribution in [-0.2, 0) is 11.2 Å². The van der Waals surface area contributed by atoms with Gasteiger partial charge in [0.05, 0.1) is 28.8 Å². The molecule has 2 aromatic heterocycles. The van der Waals surface area contributed by atoms with E-state index in [0.717, 1.165) is 37.6 Å². The first-order valence-corrected chi connectivity index (χ1v) is 10.3. The third-order valence-corrected chi connectivity index (χ3v) is 5.44. The van der Waals surface area contributed by atoms with E-state index in [9.17, 15) is 4.79 Å². The highest BCUT2D eigenvalue weighted by atomic mass is 35.5. The second kappa shape index (κ2) is 9.43. The monoisotopic (exact) mass is 442 g/mol. The maximum Gasteiger partial charge on any atom is 0.170 e. The predicted molar refractivity (Wildman–Crippen MR) is 119 cm³/mol. The number of halogens is 2. The topological polar surface area (TPSA) is 67.4 Å². The lowest BCUT2D eigenvalue weighted by Crippen LogP contribution is -2.36. The normalized spacial score (nSPS) is 13.9. The van der Waals surface area contributed by atoms with Crippen LogP contribution in [0.3, 0.4) is 0 Å². The molecule has 1 fully saturated rings. The number of carbonyl (C=O) groups is 1. The minimum Gasteiger partial charge on any atom is -0.378 e. The second-order valence-electron chi connectivity index (χ2n) is 6.87. The number of hydrogen-bond acceptors (Lipinski definition) is 6. The van der Waals surface area contributed by atoms with Gasteiger partial charge in [-0.1, -0.05) is 29.3 Å². The molecule has 154 valence electrons. The van der Waals surface area contributed by atoms with Crippen molar-refractivity contribution in [2.24, 2.45) is 0 Å². The van der Waals surface area contributed by atoms with Crippen LogP contribution >= 0.6 is 23.2 Å². The van der Waals surface area contributed by atoms with E-state index in [4.69, 9.17) is 27.9 Å². The van der Waals surface area contributed by atoms with Gasteiger partial charge in [-0.2, -0.15) is 0 Å². The van der Waals surface area contributed by atoms with Crippen LogP contribution < -0.4 is 10.2 Å². The van der Waals surface area contributed by atoms with Gasteiger partial charge in [0.25, 0.3) is 0 Å². The van der Waals surface area contributed by atoms with Crippen molar-refractivity contribution in [3.63, 3.8) is 0 Å². The first-order chi connectivity index (χ1) is 14.6. The number of benzene rings is 1. The lowest BCUT2D eigenvalue weighted by molar-refractivity contribution is 0.0993. The molecule has 0 aliphatic carbocycles. The summed E-state index contributed by atoms with van der Waals surface area (Å²) in [7, 11) is 0. The number of ketones is 1.